The Labute approximate surface area is 97.2 Å². The van der Waals surface area contributed by atoms with Crippen LogP contribution < -0.4 is 0 Å². The Morgan fingerprint density at radius 3 is 2.94 bits per heavy atom. The van der Waals surface area contributed by atoms with Crippen molar-refractivity contribution >= 4 is 0 Å². The second-order valence-corrected chi connectivity index (χ2v) is 5.06. The molecule has 2 aliphatic carbocycles. The maximum Gasteiger partial charge on any atom is 0.0800 e. The smallest absolute Gasteiger partial charge is 0.0800 e. The fourth-order valence-corrected chi connectivity index (χ4v) is 3.54. The summed E-state index contributed by atoms with van der Waals surface area (Å²) in [5, 5.41) is 0. The maximum absolute atomic E-state index is 5.94. The molecule has 1 nitrogen and oxygen atoms in total. The summed E-state index contributed by atoms with van der Waals surface area (Å²) in [6.45, 7) is 8.54. The van der Waals surface area contributed by atoms with Crippen LogP contribution in [-0.2, 0) is 4.74 Å². The van der Waals surface area contributed by atoms with E-state index in [2.05, 4.69) is 37.5 Å². The first-order chi connectivity index (χ1) is 7.83. The minimum Gasteiger partial charge on any atom is -0.369 e. The summed E-state index contributed by atoms with van der Waals surface area (Å²) >= 11 is 0. The van der Waals surface area contributed by atoms with Crippen LogP contribution in [0.5, 0.6) is 0 Å². The molecule has 0 saturated heterocycles. The fourth-order valence-electron chi connectivity index (χ4n) is 3.54. The molecular weight excluding hydrogens is 196 g/mol. The van der Waals surface area contributed by atoms with Crippen molar-refractivity contribution in [1.29, 1.82) is 0 Å². The van der Waals surface area contributed by atoms with Crippen LogP contribution in [0.25, 0.3) is 0 Å². The highest BCUT2D eigenvalue weighted by molar-refractivity contribution is 5.27. The van der Waals surface area contributed by atoms with Crippen molar-refractivity contribution in [2.45, 2.75) is 12.5 Å². The monoisotopic (exact) mass is 214 g/mol. The number of hydrogen-bond donors (Lipinski definition) is 0. The number of rotatable bonds is 2. The van der Waals surface area contributed by atoms with Crippen molar-refractivity contribution < 1.29 is 4.74 Å². The Balaban J connectivity index is 1.95. The van der Waals surface area contributed by atoms with E-state index in [0.29, 0.717) is 29.8 Å². The van der Waals surface area contributed by atoms with E-state index in [1.165, 1.54) is 12.0 Å². The normalized spacial score (nSPS) is 44.8. The lowest BCUT2D eigenvalue weighted by Gasteiger charge is -2.21. The fraction of sp³-hybridized carbons (Fsp3) is 0.467. The summed E-state index contributed by atoms with van der Waals surface area (Å²) in [4.78, 5) is 0. The molecule has 1 heterocycles. The van der Waals surface area contributed by atoms with E-state index in [-0.39, 0.29) is 0 Å². The highest BCUT2D eigenvalue weighted by Gasteiger charge is 2.47. The third-order valence-electron chi connectivity index (χ3n) is 4.32. The van der Waals surface area contributed by atoms with Crippen molar-refractivity contribution in [2.75, 3.05) is 6.61 Å². The van der Waals surface area contributed by atoms with Crippen molar-refractivity contribution in [2.24, 2.45) is 23.7 Å². The molecule has 0 spiro atoms. The molecule has 1 heteroatoms. The molecule has 0 aromatic heterocycles. The van der Waals surface area contributed by atoms with Crippen LogP contribution >= 0.6 is 0 Å². The first-order valence-electron chi connectivity index (χ1n) is 6.09. The first kappa shape index (κ1) is 10.1. The summed E-state index contributed by atoms with van der Waals surface area (Å²) in [6, 6.07) is 0. The van der Waals surface area contributed by atoms with Gasteiger partial charge in [-0.1, -0.05) is 37.0 Å². The third kappa shape index (κ3) is 1.35. The second-order valence-electron chi connectivity index (χ2n) is 5.06. The average molecular weight is 214 g/mol. The lowest BCUT2D eigenvalue weighted by atomic mass is 9.88. The van der Waals surface area contributed by atoms with Crippen LogP contribution in [0.2, 0.25) is 0 Å². The molecule has 0 aromatic carbocycles. The molecule has 0 unspecified atom stereocenters. The van der Waals surface area contributed by atoms with E-state index in [1.54, 1.807) is 0 Å². The van der Waals surface area contributed by atoms with Gasteiger partial charge in [-0.2, -0.15) is 0 Å². The Kier molecular flexibility index (Phi) is 2.36. The minimum absolute atomic E-state index is 0.314. The van der Waals surface area contributed by atoms with E-state index in [4.69, 9.17) is 4.74 Å². The van der Waals surface area contributed by atoms with Gasteiger partial charge in [0, 0.05) is 5.92 Å². The molecule has 5 atom stereocenters. The van der Waals surface area contributed by atoms with Gasteiger partial charge in [-0.05, 0) is 29.7 Å². The van der Waals surface area contributed by atoms with Gasteiger partial charge < -0.3 is 4.74 Å². The van der Waals surface area contributed by atoms with Crippen molar-refractivity contribution in [1.82, 2.24) is 0 Å². The SMILES string of the molecule is C=CC1=C[C@@H]2C[C@H](C=C)[C@@H]3C=C[C@H](OC1)[C@@H]32. The summed E-state index contributed by atoms with van der Waals surface area (Å²) in [5.41, 5.74) is 1.25. The molecule has 3 rings (SSSR count). The molecule has 3 aliphatic rings. The number of allylic oxidation sites excluding steroid dienone is 3. The van der Waals surface area contributed by atoms with Crippen LogP contribution in [0.1, 0.15) is 6.42 Å². The van der Waals surface area contributed by atoms with Crippen LogP contribution in [-0.4, -0.2) is 12.7 Å². The predicted octanol–water partition coefficient (Wildman–Crippen LogP) is 3.12. The van der Waals surface area contributed by atoms with E-state index in [0.717, 1.165) is 6.61 Å². The molecule has 0 bridgehead atoms. The Bertz CT molecular complexity index is 377. The van der Waals surface area contributed by atoms with E-state index in [1.807, 2.05) is 6.08 Å². The molecule has 16 heavy (non-hydrogen) atoms. The highest BCUT2D eigenvalue weighted by atomic mass is 16.5. The Morgan fingerprint density at radius 2 is 2.19 bits per heavy atom. The maximum atomic E-state index is 5.94. The van der Waals surface area contributed by atoms with Crippen molar-refractivity contribution in [3.8, 4) is 0 Å². The second kappa shape index (κ2) is 3.74. The zero-order valence-electron chi connectivity index (χ0n) is 9.51. The molecule has 0 aromatic rings. The summed E-state index contributed by atoms with van der Waals surface area (Å²) < 4.78 is 5.94. The van der Waals surface area contributed by atoms with Gasteiger partial charge in [0.15, 0.2) is 0 Å². The van der Waals surface area contributed by atoms with Crippen molar-refractivity contribution in [3.05, 3.63) is 49.1 Å². The zero-order chi connectivity index (χ0) is 11.1. The van der Waals surface area contributed by atoms with Crippen LogP contribution in [0, 0.1) is 23.7 Å². The summed E-state index contributed by atoms with van der Waals surface area (Å²) in [7, 11) is 0. The molecule has 1 fully saturated rings. The summed E-state index contributed by atoms with van der Waals surface area (Å²) in [6.07, 6.45) is 12.6. The van der Waals surface area contributed by atoms with Crippen molar-refractivity contribution in [3.63, 3.8) is 0 Å². The Morgan fingerprint density at radius 1 is 1.31 bits per heavy atom. The molecular formula is C15H18O. The predicted molar refractivity (Wildman–Crippen MR) is 65.9 cm³/mol. The first-order valence-corrected chi connectivity index (χ1v) is 6.09. The Hall–Kier alpha value is -1.08. The van der Waals surface area contributed by atoms with Crippen LogP contribution in [0.15, 0.2) is 49.1 Å². The third-order valence-corrected chi connectivity index (χ3v) is 4.32. The molecule has 0 N–H and O–H groups in total. The highest BCUT2D eigenvalue weighted by Crippen LogP contribution is 2.50. The average Bonchev–Trinajstić information content (AvgIpc) is 2.80. The zero-order valence-corrected chi connectivity index (χ0v) is 9.51. The standard InChI is InChI=1S/C15H18O/c1-3-10-7-12-8-11(4-2)13-5-6-14(15(12)13)16-9-10/h3-7,11-15H,1-2,8-9H2/t11-,12+,13-,14-,15+/m0/s1. The number of hydrogen-bond acceptors (Lipinski definition) is 1. The molecule has 84 valence electrons. The van der Waals surface area contributed by atoms with Gasteiger partial charge >= 0.3 is 0 Å². The molecule has 1 aliphatic heterocycles. The molecule has 1 saturated carbocycles. The van der Waals surface area contributed by atoms with Gasteiger partial charge in [0.05, 0.1) is 12.7 Å². The largest absolute Gasteiger partial charge is 0.369 e. The van der Waals surface area contributed by atoms with Gasteiger partial charge in [0.1, 0.15) is 0 Å². The van der Waals surface area contributed by atoms with E-state index >= 15 is 0 Å². The van der Waals surface area contributed by atoms with Gasteiger partial charge in [0.25, 0.3) is 0 Å². The molecule has 0 radical (unpaired) electrons. The summed E-state index contributed by atoms with van der Waals surface area (Å²) in [5.74, 6) is 2.55. The van der Waals surface area contributed by atoms with E-state index < -0.39 is 0 Å². The lowest BCUT2D eigenvalue weighted by molar-refractivity contribution is 0.0591. The van der Waals surface area contributed by atoms with Gasteiger partial charge in [-0.15, -0.1) is 6.58 Å². The lowest BCUT2D eigenvalue weighted by Crippen LogP contribution is -2.23. The van der Waals surface area contributed by atoms with Gasteiger partial charge in [-0.25, -0.2) is 0 Å². The number of ether oxygens (including phenoxy) is 1. The minimum atomic E-state index is 0.314. The van der Waals surface area contributed by atoms with Gasteiger partial charge in [0.2, 0.25) is 0 Å². The topological polar surface area (TPSA) is 9.23 Å². The van der Waals surface area contributed by atoms with Gasteiger partial charge in [-0.3, -0.25) is 0 Å². The van der Waals surface area contributed by atoms with Crippen LogP contribution in [0.3, 0.4) is 0 Å². The molecule has 0 amide bonds. The van der Waals surface area contributed by atoms with E-state index in [9.17, 15) is 0 Å². The van der Waals surface area contributed by atoms with Crippen LogP contribution in [0.4, 0.5) is 0 Å². The quantitative estimate of drug-likeness (QED) is 0.642.